The van der Waals surface area contributed by atoms with Gasteiger partial charge in [-0.15, -0.1) is 0 Å². The Labute approximate surface area is 119 Å². The van der Waals surface area contributed by atoms with Crippen LogP contribution in [0, 0.1) is 11.3 Å². The molecule has 0 aliphatic heterocycles. The van der Waals surface area contributed by atoms with Crippen LogP contribution in [-0.4, -0.2) is 12.3 Å². The molecule has 0 aromatic heterocycles. The minimum Gasteiger partial charge on any atom is -0.490 e. The Morgan fingerprint density at radius 2 is 2.20 bits per heavy atom. The lowest BCUT2D eigenvalue weighted by Gasteiger charge is -2.12. The highest BCUT2D eigenvalue weighted by Crippen LogP contribution is 2.24. The van der Waals surface area contributed by atoms with E-state index in [0.717, 1.165) is 11.1 Å². The number of hydrogen-bond donors (Lipinski definition) is 1. The van der Waals surface area contributed by atoms with Gasteiger partial charge in [-0.3, -0.25) is 4.99 Å². The number of allylic oxidation sites excluding steroid dienone is 2. The van der Waals surface area contributed by atoms with Gasteiger partial charge in [0.1, 0.15) is 11.8 Å². The van der Waals surface area contributed by atoms with E-state index in [1.165, 1.54) is 6.20 Å². The second-order valence-corrected chi connectivity index (χ2v) is 4.60. The van der Waals surface area contributed by atoms with E-state index >= 15 is 0 Å². The number of hydrogen-bond acceptors (Lipinski definition) is 4. The van der Waals surface area contributed by atoms with Gasteiger partial charge in [0.15, 0.2) is 0 Å². The second-order valence-electron chi connectivity index (χ2n) is 4.60. The molecule has 0 radical (unpaired) electrons. The van der Waals surface area contributed by atoms with Gasteiger partial charge in [0.2, 0.25) is 0 Å². The molecule has 0 saturated heterocycles. The molecule has 0 atom stereocenters. The monoisotopic (exact) mass is 269 g/mol. The molecule has 104 valence electrons. The summed E-state index contributed by atoms with van der Waals surface area (Å²) in [6.45, 7) is 9.33. The molecule has 0 bridgehead atoms. The Kier molecular flexibility index (Phi) is 5.55. The molecule has 1 aromatic rings. The van der Waals surface area contributed by atoms with E-state index in [4.69, 9.17) is 15.7 Å². The minimum atomic E-state index is -0.00765. The lowest BCUT2D eigenvalue weighted by Crippen LogP contribution is -2.07. The average molecular weight is 269 g/mol. The molecule has 1 aromatic carbocycles. The third-order valence-corrected chi connectivity index (χ3v) is 2.40. The minimum absolute atomic E-state index is 0.00765. The SMILES string of the molecule is C=C(C)N=C/C(=C\N)c1ccc(C#N)c(OC(C)C)c1. The molecule has 0 unspecified atom stereocenters. The fraction of sp³-hybridized carbons (Fsp3) is 0.250. The first-order valence-corrected chi connectivity index (χ1v) is 6.30. The van der Waals surface area contributed by atoms with Crippen molar-refractivity contribution in [2.75, 3.05) is 0 Å². The molecular formula is C16H19N3O. The van der Waals surface area contributed by atoms with Crippen molar-refractivity contribution in [1.29, 1.82) is 5.26 Å². The van der Waals surface area contributed by atoms with Gasteiger partial charge in [-0.1, -0.05) is 12.6 Å². The van der Waals surface area contributed by atoms with Gasteiger partial charge in [0, 0.05) is 23.7 Å². The van der Waals surface area contributed by atoms with Crippen LogP contribution in [0.15, 0.2) is 41.7 Å². The molecule has 0 heterocycles. The van der Waals surface area contributed by atoms with Gasteiger partial charge in [-0.2, -0.15) is 5.26 Å². The van der Waals surface area contributed by atoms with Crippen molar-refractivity contribution >= 4 is 11.8 Å². The van der Waals surface area contributed by atoms with Crippen LogP contribution in [0.4, 0.5) is 0 Å². The summed E-state index contributed by atoms with van der Waals surface area (Å²) in [7, 11) is 0. The van der Waals surface area contributed by atoms with E-state index in [-0.39, 0.29) is 6.10 Å². The number of benzene rings is 1. The summed E-state index contributed by atoms with van der Waals surface area (Å²) in [5, 5.41) is 9.09. The maximum atomic E-state index is 9.09. The summed E-state index contributed by atoms with van der Waals surface area (Å²) in [4.78, 5) is 4.13. The van der Waals surface area contributed by atoms with Gasteiger partial charge < -0.3 is 10.5 Å². The average Bonchev–Trinajstić information content (AvgIpc) is 2.38. The van der Waals surface area contributed by atoms with E-state index in [9.17, 15) is 0 Å². The Hall–Kier alpha value is -2.54. The summed E-state index contributed by atoms with van der Waals surface area (Å²) < 4.78 is 5.64. The summed E-state index contributed by atoms with van der Waals surface area (Å²) in [6, 6.07) is 7.43. The summed E-state index contributed by atoms with van der Waals surface area (Å²) in [5.41, 5.74) is 8.39. The van der Waals surface area contributed by atoms with Crippen molar-refractivity contribution in [1.82, 2.24) is 0 Å². The van der Waals surface area contributed by atoms with E-state index in [2.05, 4.69) is 17.6 Å². The summed E-state index contributed by atoms with van der Waals surface area (Å²) >= 11 is 0. The van der Waals surface area contributed by atoms with E-state index in [0.29, 0.717) is 17.0 Å². The Morgan fingerprint density at radius 3 is 2.70 bits per heavy atom. The zero-order valence-corrected chi connectivity index (χ0v) is 12.1. The number of nitriles is 1. The fourth-order valence-electron chi connectivity index (χ4n) is 1.54. The van der Waals surface area contributed by atoms with Gasteiger partial charge in [0.05, 0.1) is 11.7 Å². The first-order valence-electron chi connectivity index (χ1n) is 6.30. The highest BCUT2D eigenvalue weighted by atomic mass is 16.5. The quantitative estimate of drug-likeness (QED) is 0.834. The van der Waals surface area contributed by atoms with Gasteiger partial charge in [-0.05, 0) is 38.5 Å². The predicted molar refractivity (Wildman–Crippen MR) is 82.4 cm³/mol. The van der Waals surface area contributed by atoms with Crippen LogP contribution in [-0.2, 0) is 0 Å². The first kappa shape index (κ1) is 15.5. The number of rotatable bonds is 5. The molecule has 0 fully saturated rings. The zero-order chi connectivity index (χ0) is 15.1. The van der Waals surface area contributed by atoms with Crippen molar-refractivity contribution < 1.29 is 4.74 Å². The van der Waals surface area contributed by atoms with Crippen LogP contribution in [0.5, 0.6) is 5.75 Å². The molecule has 0 saturated carbocycles. The van der Waals surface area contributed by atoms with Crippen molar-refractivity contribution in [3.05, 3.63) is 47.8 Å². The zero-order valence-electron chi connectivity index (χ0n) is 12.1. The number of nitrogens with zero attached hydrogens (tertiary/aromatic N) is 2. The van der Waals surface area contributed by atoms with Crippen LogP contribution >= 0.6 is 0 Å². The third kappa shape index (κ3) is 4.29. The third-order valence-electron chi connectivity index (χ3n) is 2.40. The largest absolute Gasteiger partial charge is 0.490 e. The van der Waals surface area contributed by atoms with Gasteiger partial charge >= 0.3 is 0 Å². The van der Waals surface area contributed by atoms with E-state index < -0.39 is 0 Å². The molecule has 20 heavy (non-hydrogen) atoms. The van der Waals surface area contributed by atoms with Crippen molar-refractivity contribution in [2.45, 2.75) is 26.9 Å². The molecule has 0 spiro atoms. The highest BCUT2D eigenvalue weighted by Gasteiger charge is 2.08. The predicted octanol–water partition coefficient (Wildman–Crippen LogP) is 3.25. The van der Waals surface area contributed by atoms with Crippen LogP contribution in [0.1, 0.15) is 31.9 Å². The molecule has 0 aliphatic carbocycles. The van der Waals surface area contributed by atoms with Crippen LogP contribution < -0.4 is 10.5 Å². The van der Waals surface area contributed by atoms with Crippen LogP contribution in [0.25, 0.3) is 5.57 Å². The molecule has 1 rings (SSSR count). The van der Waals surface area contributed by atoms with Crippen molar-refractivity contribution in [3.63, 3.8) is 0 Å². The second kappa shape index (κ2) is 7.15. The topological polar surface area (TPSA) is 71.4 Å². The maximum absolute atomic E-state index is 9.09. The number of nitrogens with two attached hydrogens (primary N) is 1. The standard InChI is InChI=1S/C16H19N3O/c1-11(2)19-10-15(9-18)13-5-6-14(8-17)16(7-13)20-12(3)4/h5-7,9-10,12H,1,18H2,2-4H3/b15-9+,19-10?. The molecule has 0 amide bonds. The lowest BCUT2D eigenvalue weighted by atomic mass is 10.0. The lowest BCUT2D eigenvalue weighted by molar-refractivity contribution is 0.241. The summed E-state index contributed by atoms with van der Waals surface area (Å²) in [6.07, 6.45) is 3.10. The molecule has 4 heteroatoms. The van der Waals surface area contributed by atoms with E-state index in [1.54, 1.807) is 25.3 Å². The molecule has 0 aliphatic rings. The van der Waals surface area contributed by atoms with Gasteiger partial charge in [0.25, 0.3) is 0 Å². The van der Waals surface area contributed by atoms with E-state index in [1.807, 2.05) is 19.9 Å². The highest BCUT2D eigenvalue weighted by molar-refractivity contribution is 6.10. The Balaban J connectivity index is 3.19. The van der Waals surface area contributed by atoms with Crippen molar-refractivity contribution in [3.8, 4) is 11.8 Å². The van der Waals surface area contributed by atoms with Crippen LogP contribution in [0.2, 0.25) is 0 Å². The van der Waals surface area contributed by atoms with Crippen LogP contribution in [0.3, 0.4) is 0 Å². The molecular weight excluding hydrogens is 250 g/mol. The number of aliphatic imine (C=N–C) groups is 1. The summed E-state index contributed by atoms with van der Waals surface area (Å²) in [5.74, 6) is 0.545. The molecule has 2 N–H and O–H groups in total. The normalized spacial score (nSPS) is 11.7. The Bertz CT molecular complexity index is 592. The number of ether oxygens (including phenoxy) is 1. The maximum Gasteiger partial charge on any atom is 0.138 e. The van der Waals surface area contributed by atoms with Crippen molar-refractivity contribution in [2.24, 2.45) is 10.7 Å². The Morgan fingerprint density at radius 1 is 1.50 bits per heavy atom. The first-order chi connectivity index (χ1) is 9.47. The fourth-order valence-corrected chi connectivity index (χ4v) is 1.54. The van der Waals surface area contributed by atoms with Gasteiger partial charge in [-0.25, -0.2) is 0 Å². The molecule has 4 nitrogen and oxygen atoms in total. The smallest absolute Gasteiger partial charge is 0.138 e.